The van der Waals surface area contributed by atoms with E-state index in [1.165, 1.54) is 28.9 Å². The normalized spacial score (nSPS) is 11.4. The lowest BCUT2D eigenvalue weighted by Gasteiger charge is -2.04. The summed E-state index contributed by atoms with van der Waals surface area (Å²) in [5.74, 6) is -0.531. The Morgan fingerprint density at radius 3 is 3.06 bits per heavy atom. The van der Waals surface area contributed by atoms with Crippen LogP contribution in [0.1, 0.15) is 5.56 Å². The number of aromatic amines is 1. The number of rotatable bonds is 1. The van der Waals surface area contributed by atoms with E-state index in [9.17, 15) is 9.18 Å². The van der Waals surface area contributed by atoms with Crippen molar-refractivity contribution in [2.45, 2.75) is 6.61 Å². The van der Waals surface area contributed by atoms with E-state index in [4.69, 9.17) is 5.11 Å². The van der Waals surface area contributed by atoms with Gasteiger partial charge in [-0.2, -0.15) is 5.10 Å². The monoisotopic (exact) mass is 233 g/mol. The van der Waals surface area contributed by atoms with Crippen molar-refractivity contribution in [1.82, 2.24) is 14.6 Å². The minimum atomic E-state index is -0.531. The zero-order chi connectivity index (χ0) is 12.0. The smallest absolute Gasteiger partial charge is 0.274 e. The van der Waals surface area contributed by atoms with Gasteiger partial charge in [-0.25, -0.2) is 8.91 Å². The van der Waals surface area contributed by atoms with Gasteiger partial charge in [-0.05, 0) is 23.8 Å². The van der Waals surface area contributed by atoms with Crippen LogP contribution in [0.4, 0.5) is 4.39 Å². The van der Waals surface area contributed by atoms with Crippen molar-refractivity contribution in [1.29, 1.82) is 0 Å². The Kier molecular flexibility index (Phi) is 1.99. The second-order valence-electron chi connectivity index (χ2n) is 3.71. The highest BCUT2D eigenvalue weighted by molar-refractivity contribution is 5.78. The Hall–Kier alpha value is -2.21. The molecule has 0 spiro atoms. The number of aliphatic hydroxyl groups excluding tert-OH is 1. The maximum atomic E-state index is 13.9. The molecule has 0 bridgehead atoms. The van der Waals surface area contributed by atoms with E-state index in [0.29, 0.717) is 11.1 Å². The summed E-state index contributed by atoms with van der Waals surface area (Å²) >= 11 is 0. The third-order valence-electron chi connectivity index (χ3n) is 2.64. The van der Waals surface area contributed by atoms with Gasteiger partial charge < -0.3 is 10.1 Å². The highest BCUT2D eigenvalue weighted by Gasteiger charge is 2.11. The van der Waals surface area contributed by atoms with Crippen LogP contribution in [0.5, 0.6) is 0 Å². The van der Waals surface area contributed by atoms with Gasteiger partial charge in [-0.15, -0.1) is 0 Å². The SMILES string of the molecule is O=c1[nH]c2cc(CO)cc(F)c2n2nccc12. The lowest BCUT2D eigenvalue weighted by molar-refractivity contribution is 0.281. The zero-order valence-corrected chi connectivity index (χ0v) is 8.64. The van der Waals surface area contributed by atoms with Gasteiger partial charge in [-0.1, -0.05) is 0 Å². The molecule has 0 fully saturated rings. The second kappa shape index (κ2) is 3.39. The molecular formula is C11H8FN3O2. The van der Waals surface area contributed by atoms with Crippen molar-refractivity contribution >= 4 is 16.6 Å². The Morgan fingerprint density at radius 2 is 2.29 bits per heavy atom. The molecule has 0 aliphatic heterocycles. The molecule has 0 unspecified atom stereocenters. The zero-order valence-electron chi connectivity index (χ0n) is 8.64. The van der Waals surface area contributed by atoms with Gasteiger partial charge in [0, 0.05) is 0 Å². The number of hydrogen-bond donors (Lipinski definition) is 2. The molecule has 0 aliphatic carbocycles. The minimum absolute atomic E-state index is 0.196. The molecule has 5 nitrogen and oxygen atoms in total. The quantitative estimate of drug-likeness (QED) is 0.653. The summed E-state index contributed by atoms with van der Waals surface area (Å²) in [7, 11) is 0. The predicted octanol–water partition coefficient (Wildman–Crippen LogP) is 0.807. The number of halogens is 1. The highest BCUT2D eigenvalue weighted by Crippen LogP contribution is 2.17. The van der Waals surface area contributed by atoms with Gasteiger partial charge in [-0.3, -0.25) is 4.79 Å². The van der Waals surface area contributed by atoms with Crippen LogP contribution in [0.15, 0.2) is 29.2 Å². The first-order chi connectivity index (χ1) is 8.20. The number of H-pyrrole nitrogens is 1. The number of nitrogens with one attached hydrogen (secondary N) is 1. The molecule has 0 saturated carbocycles. The van der Waals surface area contributed by atoms with E-state index < -0.39 is 5.82 Å². The number of aliphatic hydroxyl groups is 1. The fraction of sp³-hybridized carbons (Fsp3) is 0.0909. The van der Waals surface area contributed by atoms with E-state index in [-0.39, 0.29) is 23.2 Å². The fourth-order valence-electron chi connectivity index (χ4n) is 1.90. The van der Waals surface area contributed by atoms with Crippen LogP contribution in [-0.2, 0) is 6.61 Å². The molecule has 0 amide bonds. The van der Waals surface area contributed by atoms with E-state index in [2.05, 4.69) is 10.1 Å². The molecule has 86 valence electrons. The molecule has 1 aromatic carbocycles. The number of hydrogen-bond acceptors (Lipinski definition) is 3. The Labute approximate surface area is 94.1 Å². The summed E-state index contributed by atoms with van der Waals surface area (Å²) in [5.41, 5.74) is 0.854. The van der Waals surface area contributed by atoms with Crippen LogP contribution in [-0.4, -0.2) is 19.7 Å². The number of benzene rings is 1. The number of aromatic nitrogens is 3. The van der Waals surface area contributed by atoms with Crippen LogP contribution in [0.25, 0.3) is 16.6 Å². The summed E-state index contributed by atoms with van der Waals surface area (Å²) in [4.78, 5) is 14.2. The summed E-state index contributed by atoms with van der Waals surface area (Å²) in [6.07, 6.45) is 1.43. The van der Waals surface area contributed by atoms with Crippen molar-refractivity contribution in [3.05, 3.63) is 46.1 Å². The van der Waals surface area contributed by atoms with Crippen molar-refractivity contribution in [3.63, 3.8) is 0 Å². The summed E-state index contributed by atoms with van der Waals surface area (Å²) < 4.78 is 15.1. The topological polar surface area (TPSA) is 70.4 Å². The van der Waals surface area contributed by atoms with E-state index in [1.807, 2.05) is 0 Å². The van der Waals surface area contributed by atoms with Crippen molar-refractivity contribution in [3.8, 4) is 0 Å². The third kappa shape index (κ3) is 1.34. The van der Waals surface area contributed by atoms with E-state index in [0.717, 1.165) is 0 Å². The van der Waals surface area contributed by atoms with Gasteiger partial charge in [0.1, 0.15) is 11.0 Å². The van der Waals surface area contributed by atoms with Crippen LogP contribution in [0.3, 0.4) is 0 Å². The Morgan fingerprint density at radius 1 is 1.47 bits per heavy atom. The first-order valence-corrected chi connectivity index (χ1v) is 5.00. The fourth-order valence-corrected chi connectivity index (χ4v) is 1.90. The summed E-state index contributed by atoms with van der Waals surface area (Å²) in [5, 5.41) is 12.9. The van der Waals surface area contributed by atoms with Crippen LogP contribution in [0, 0.1) is 5.82 Å². The van der Waals surface area contributed by atoms with Crippen molar-refractivity contribution < 1.29 is 9.50 Å². The molecule has 0 aliphatic rings. The molecule has 2 heterocycles. The number of fused-ring (bicyclic) bond motifs is 3. The van der Waals surface area contributed by atoms with E-state index in [1.54, 1.807) is 0 Å². The maximum absolute atomic E-state index is 13.9. The summed E-state index contributed by atoms with van der Waals surface area (Å²) in [6.45, 7) is -0.286. The maximum Gasteiger partial charge on any atom is 0.274 e. The molecule has 6 heteroatoms. The molecule has 17 heavy (non-hydrogen) atoms. The van der Waals surface area contributed by atoms with Gasteiger partial charge >= 0.3 is 0 Å². The van der Waals surface area contributed by atoms with Crippen LogP contribution < -0.4 is 5.56 Å². The first-order valence-electron chi connectivity index (χ1n) is 5.00. The molecule has 0 atom stereocenters. The van der Waals surface area contributed by atoms with Gasteiger partial charge in [0.2, 0.25) is 0 Å². The second-order valence-corrected chi connectivity index (χ2v) is 3.71. The summed E-state index contributed by atoms with van der Waals surface area (Å²) in [6, 6.07) is 4.26. The standard InChI is InChI=1S/C11H8FN3O2/c12-7-3-6(5-16)4-8-10(7)15-9(1-2-13-15)11(17)14-8/h1-4,16H,5H2,(H,14,17). The van der Waals surface area contributed by atoms with Gasteiger partial charge in [0.25, 0.3) is 5.56 Å². The molecule has 2 N–H and O–H groups in total. The van der Waals surface area contributed by atoms with Gasteiger partial charge in [0.05, 0.1) is 18.3 Å². The highest BCUT2D eigenvalue weighted by atomic mass is 19.1. The lowest BCUT2D eigenvalue weighted by atomic mass is 10.2. The third-order valence-corrected chi connectivity index (χ3v) is 2.64. The predicted molar refractivity (Wildman–Crippen MR) is 59.2 cm³/mol. The molecule has 3 rings (SSSR count). The molecule has 0 radical (unpaired) electrons. The van der Waals surface area contributed by atoms with Crippen LogP contribution in [0.2, 0.25) is 0 Å². The molecule has 3 aromatic rings. The molecular weight excluding hydrogens is 225 g/mol. The molecule has 0 saturated heterocycles. The Balaban J connectivity index is 2.59. The lowest BCUT2D eigenvalue weighted by Crippen LogP contribution is -2.11. The average molecular weight is 233 g/mol. The van der Waals surface area contributed by atoms with E-state index >= 15 is 0 Å². The minimum Gasteiger partial charge on any atom is -0.392 e. The number of nitrogens with zero attached hydrogens (tertiary/aromatic N) is 2. The first kappa shape index (κ1) is 9.98. The average Bonchev–Trinajstić information content (AvgIpc) is 2.77. The largest absolute Gasteiger partial charge is 0.392 e. The molecule has 2 aromatic heterocycles. The van der Waals surface area contributed by atoms with Crippen molar-refractivity contribution in [2.24, 2.45) is 0 Å². The van der Waals surface area contributed by atoms with Crippen LogP contribution >= 0.6 is 0 Å². The Bertz CT molecular complexity index is 775. The van der Waals surface area contributed by atoms with Crippen molar-refractivity contribution in [2.75, 3.05) is 0 Å². The van der Waals surface area contributed by atoms with Gasteiger partial charge in [0.15, 0.2) is 5.82 Å².